The second-order valence-corrected chi connectivity index (χ2v) is 4.80. The van der Waals surface area contributed by atoms with Gasteiger partial charge in [0.2, 0.25) is 0 Å². The van der Waals surface area contributed by atoms with Crippen LogP contribution in [0.2, 0.25) is 0 Å². The predicted octanol–water partition coefficient (Wildman–Crippen LogP) is 3.37. The normalized spacial score (nSPS) is 14.5. The van der Waals surface area contributed by atoms with Gasteiger partial charge in [-0.1, -0.05) is 24.3 Å². The molecule has 0 spiro atoms. The largest absolute Gasteiger partial charge is 0.490 e. The van der Waals surface area contributed by atoms with Crippen molar-refractivity contribution in [2.45, 2.75) is 24.8 Å². The first-order valence-corrected chi connectivity index (χ1v) is 6.63. The number of aromatic nitrogens is 1. The summed E-state index contributed by atoms with van der Waals surface area (Å²) in [5.74, 6) is 1.28. The highest BCUT2D eigenvalue weighted by Crippen LogP contribution is 2.25. The van der Waals surface area contributed by atoms with Crippen molar-refractivity contribution in [2.24, 2.45) is 0 Å². The van der Waals surface area contributed by atoms with Crippen molar-refractivity contribution < 1.29 is 4.74 Å². The van der Waals surface area contributed by atoms with Gasteiger partial charge < -0.3 is 4.74 Å². The number of hydrogen-bond acceptors (Lipinski definition) is 2. The number of halogens is 1. The highest BCUT2D eigenvalue weighted by atomic mass is 35.5. The Labute approximate surface area is 112 Å². The number of benzene rings is 1. The second kappa shape index (κ2) is 4.99. The van der Waals surface area contributed by atoms with E-state index in [1.165, 1.54) is 11.1 Å². The number of ether oxygens (including phenoxy) is 1. The number of pyridine rings is 1. The third-order valence-corrected chi connectivity index (χ3v) is 3.52. The van der Waals surface area contributed by atoms with Gasteiger partial charge >= 0.3 is 0 Å². The van der Waals surface area contributed by atoms with Crippen molar-refractivity contribution in [3.05, 3.63) is 59.4 Å². The van der Waals surface area contributed by atoms with Crippen LogP contribution in [0.1, 0.15) is 16.8 Å². The Morgan fingerprint density at radius 2 is 1.89 bits per heavy atom. The summed E-state index contributed by atoms with van der Waals surface area (Å²) in [6, 6.07) is 12.3. The zero-order chi connectivity index (χ0) is 12.4. The first-order valence-electron chi connectivity index (χ1n) is 6.09. The maximum atomic E-state index is 6.00. The molecule has 1 aromatic heterocycles. The minimum atomic E-state index is 0.230. The van der Waals surface area contributed by atoms with Crippen LogP contribution >= 0.6 is 11.6 Å². The maximum absolute atomic E-state index is 6.00. The molecule has 3 heteroatoms. The van der Waals surface area contributed by atoms with Crippen LogP contribution in [0.25, 0.3) is 0 Å². The van der Waals surface area contributed by atoms with E-state index in [0.29, 0.717) is 5.88 Å². The van der Waals surface area contributed by atoms with Crippen LogP contribution in [0, 0.1) is 0 Å². The summed E-state index contributed by atoms with van der Waals surface area (Å²) in [6.07, 6.45) is 3.94. The van der Waals surface area contributed by atoms with Gasteiger partial charge in [-0.05, 0) is 17.2 Å². The molecule has 1 heterocycles. The molecule has 92 valence electrons. The first kappa shape index (κ1) is 11.5. The van der Waals surface area contributed by atoms with E-state index in [-0.39, 0.29) is 6.10 Å². The topological polar surface area (TPSA) is 22.1 Å². The Morgan fingerprint density at radius 3 is 2.56 bits per heavy atom. The Kier molecular flexibility index (Phi) is 3.20. The molecule has 0 radical (unpaired) electrons. The zero-order valence-corrected chi connectivity index (χ0v) is 10.7. The van der Waals surface area contributed by atoms with Gasteiger partial charge in [0.15, 0.2) is 0 Å². The first-order chi connectivity index (χ1) is 8.85. The van der Waals surface area contributed by atoms with Gasteiger partial charge in [-0.3, -0.25) is 4.98 Å². The van der Waals surface area contributed by atoms with E-state index in [9.17, 15) is 0 Å². The molecule has 0 atom stereocenters. The van der Waals surface area contributed by atoms with E-state index in [2.05, 4.69) is 29.2 Å². The molecule has 3 rings (SSSR count). The summed E-state index contributed by atoms with van der Waals surface area (Å²) < 4.78 is 6.00. The number of fused-ring (bicyclic) bond motifs is 1. The lowest BCUT2D eigenvalue weighted by atomic mass is 10.1. The molecule has 1 aliphatic rings. The standard InChI is InChI=1S/C15H14ClNO/c16-10-13-9-14(5-6-17-13)18-15-7-11-3-1-2-4-12(11)8-15/h1-6,9,15H,7-8,10H2. The van der Waals surface area contributed by atoms with Gasteiger partial charge in [0.1, 0.15) is 11.9 Å². The highest BCUT2D eigenvalue weighted by molar-refractivity contribution is 6.16. The predicted molar refractivity (Wildman–Crippen MR) is 72.1 cm³/mol. The van der Waals surface area contributed by atoms with Crippen molar-refractivity contribution in [2.75, 3.05) is 0 Å². The molecular formula is C15H14ClNO. The number of alkyl halides is 1. The van der Waals surface area contributed by atoms with Crippen LogP contribution in [0.15, 0.2) is 42.6 Å². The maximum Gasteiger partial charge on any atom is 0.123 e. The van der Waals surface area contributed by atoms with Crippen LogP contribution in [-0.4, -0.2) is 11.1 Å². The van der Waals surface area contributed by atoms with Gasteiger partial charge in [-0.25, -0.2) is 0 Å². The van der Waals surface area contributed by atoms with Crippen LogP contribution in [-0.2, 0) is 18.7 Å². The minimum Gasteiger partial charge on any atom is -0.490 e. The molecule has 0 unspecified atom stereocenters. The van der Waals surface area contributed by atoms with Gasteiger partial charge in [-0.2, -0.15) is 0 Å². The van der Waals surface area contributed by atoms with Gasteiger partial charge in [-0.15, -0.1) is 11.6 Å². The molecule has 0 aliphatic heterocycles. The molecule has 2 aromatic rings. The van der Waals surface area contributed by atoms with Gasteiger partial charge in [0.05, 0.1) is 11.6 Å². The zero-order valence-electron chi connectivity index (χ0n) is 9.97. The quantitative estimate of drug-likeness (QED) is 0.789. The smallest absolute Gasteiger partial charge is 0.123 e. The summed E-state index contributed by atoms with van der Waals surface area (Å²) in [5.41, 5.74) is 3.65. The number of nitrogens with zero attached hydrogens (tertiary/aromatic N) is 1. The average molecular weight is 260 g/mol. The summed E-state index contributed by atoms with van der Waals surface area (Å²) >= 11 is 5.77. The molecule has 1 aliphatic carbocycles. The SMILES string of the molecule is ClCc1cc(OC2Cc3ccccc3C2)ccn1. The summed E-state index contributed by atoms with van der Waals surface area (Å²) in [6.45, 7) is 0. The van der Waals surface area contributed by atoms with Crippen LogP contribution in [0.4, 0.5) is 0 Å². The number of hydrogen-bond donors (Lipinski definition) is 0. The highest BCUT2D eigenvalue weighted by Gasteiger charge is 2.22. The third kappa shape index (κ3) is 2.34. The van der Waals surface area contributed by atoms with Crippen molar-refractivity contribution in [3.63, 3.8) is 0 Å². The molecule has 18 heavy (non-hydrogen) atoms. The molecular weight excluding hydrogens is 246 g/mol. The van der Waals surface area contributed by atoms with Crippen molar-refractivity contribution in [1.29, 1.82) is 0 Å². The number of rotatable bonds is 3. The Bertz CT molecular complexity index is 531. The molecule has 0 bridgehead atoms. The second-order valence-electron chi connectivity index (χ2n) is 4.53. The molecule has 2 nitrogen and oxygen atoms in total. The summed E-state index contributed by atoms with van der Waals surface area (Å²) in [4.78, 5) is 4.16. The van der Waals surface area contributed by atoms with Crippen LogP contribution in [0.5, 0.6) is 5.75 Å². The van der Waals surface area contributed by atoms with E-state index >= 15 is 0 Å². The van der Waals surface area contributed by atoms with Crippen molar-refractivity contribution in [3.8, 4) is 5.75 Å². The lowest BCUT2D eigenvalue weighted by Gasteiger charge is -2.13. The fourth-order valence-electron chi connectivity index (χ4n) is 2.40. The fraction of sp³-hybridized carbons (Fsp3) is 0.267. The van der Waals surface area contributed by atoms with E-state index in [1.54, 1.807) is 6.20 Å². The molecule has 0 N–H and O–H groups in total. The molecule has 0 saturated carbocycles. The van der Waals surface area contributed by atoms with Crippen molar-refractivity contribution in [1.82, 2.24) is 4.98 Å². The van der Waals surface area contributed by atoms with E-state index in [0.717, 1.165) is 24.3 Å². The van der Waals surface area contributed by atoms with Crippen LogP contribution in [0.3, 0.4) is 0 Å². The molecule has 0 amide bonds. The average Bonchev–Trinajstić information content (AvgIpc) is 2.81. The van der Waals surface area contributed by atoms with Gasteiger partial charge in [0, 0.05) is 25.1 Å². The Balaban J connectivity index is 1.72. The lowest BCUT2D eigenvalue weighted by molar-refractivity contribution is 0.213. The van der Waals surface area contributed by atoms with Crippen LogP contribution < -0.4 is 4.74 Å². The minimum absolute atomic E-state index is 0.230. The molecule has 0 fully saturated rings. The van der Waals surface area contributed by atoms with Gasteiger partial charge in [0.25, 0.3) is 0 Å². The fourth-order valence-corrected chi connectivity index (χ4v) is 2.54. The Morgan fingerprint density at radius 1 is 1.17 bits per heavy atom. The molecule has 0 saturated heterocycles. The third-order valence-electron chi connectivity index (χ3n) is 3.24. The Hall–Kier alpha value is -1.54. The van der Waals surface area contributed by atoms with E-state index in [1.807, 2.05) is 12.1 Å². The van der Waals surface area contributed by atoms with E-state index < -0.39 is 0 Å². The van der Waals surface area contributed by atoms with E-state index in [4.69, 9.17) is 16.3 Å². The lowest BCUT2D eigenvalue weighted by Crippen LogP contribution is -2.16. The van der Waals surface area contributed by atoms with Crippen molar-refractivity contribution >= 4 is 11.6 Å². The summed E-state index contributed by atoms with van der Waals surface area (Å²) in [5, 5.41) is 0. The monoisotopic (exact) mass is 259 g/mol. The molecule has 1 aromatic carbocycles. The summed E-state index contributed by atoms with van der Waals surface area (Å²) in [7, 11) is 0.